The summed E-state index contributed by atoms with van der Waals surface area (Å²) in [7, 11) is 1.92. The molecule has 0 saturated carbocycles. The second-order valence-electron chi connectivity index (χ2n) is 4.46. The summed E-state index contributed by atoms with van der Waals surface area (Å²) >= 11 is 1.63. The Morgan fingerprint density at radius 2 is 2.05 bits per heavy atom. The molecule has 1 heterocycles. The number of carbonyl (C=O) groups is 1. The zero-order chi connectivity index (χ0) is 13.8. The van der Waals surface area contributed by atoms with Crippen molar-refractivity contribution in [3.8, 4) is 0 Å². The highest BCUT2D eigenvalue weighted by Gasteiger charge is 2.09. The van der Waals surface area contributed by atoms with Crippen LogP contribution in [-0.4, -0.2) is 23.0 Å². The van der Waals surface area contributed by atoms with Crippen LogP contribution in [0.5, 0.6) is 0 Å². The first-order valence-corrected chi connectivity index (χ1v) is 6.71. The van der Waals surface area contributed by atoms with E-state index in [0.29, 0.717) is 12.1 Å². The van der Waals surface area contributed by atoms with Gasteiger partial charge in [-0.15, -0.1) is 0 Å². The molecule has 0 spiro atoms. The van der Waals surface area contributed by atoms with Gasteiger partial charge in [-0.25, -0.2) is 9.18 Å². The van der Waals surface area contributed by atoms with Crippen molar-refractivity contribution >= 4 is 17.3 Å². The SMILES string of the molecule is CN(Cc1ccsc1)Cc1cc(F)cc(C(=O)O)c1. The van der Waals surface area contributed by atoms with E-state index in [1.165, 1.54) is 17.7 Å². The predicted molar refractivity (Wildman–Crippen MR) is 72.8 cm³/mol. The van der Waals surface area contributed by atoms with Crippen molar-refractivity contribution in [2.24, 2.45) is 0 Å². The van der Waals surface area contributed by atoms with Gasteiger partial charge in [0.05, 0.1) is 5.56 Å². The van der Waals surface area contributed by atoms with Crippen molar-refractivity contribution < 1.29 is 14.3 Å². The Balaban J connectivity index is 2.08. The summed E-state index contributed by atoms with van der Waals surface area (Å²) in [4.78, 5) is 12.9. The second kappa shape index (κ2) is 5.95. The van der Waals surface area contributed by atoms with Gasteiger partial charge in [-0.3, -0.25) is 4.90 Å². The third-order valence-electron chi connectivity index (χ3n) is 2.69. The summed E-state index contributed by atoms with van der Waals surface area (Å²) in [6, 6.07) is 5.95. The molecule has 0 aliphatic rings. The molecule has 0 radical (unpaired) electrons. The molecule has 100 valence electrons. The Kier molecular flexibility index (Phi) is 4.29. The summed E-state index contributed by atoms with van der Waals surface area (Å²) in [6.45, 7) is 1.26. The fourth-order valence-electron chi connectivity index (χ4n) is 1.93. The first kappa shape index (κ1) is 13.7. The quantitative estimate of drug-likeness (QED) is 0.913. The van der Waals surface area contributed by atoms with Crippen molar-refractivity contribution in [2.45, 2.75) is 13.1 Å². The lowest BCUT2D eigenvalue weighted by molar-refractivity contribution is 0.0696. The van der Waals surface area contributed by atoms with E-state index >= 15 is 0 Å². The molecule has 3 nitrogen and oxygen atoms in total. The molecule has 1 aromatic carbocycles. The fraction of sp³-hybridized carbons (Fsp3) is 0.214. The molecule has 2 aromatic rings. The van der Waals surface area contributed by atoms with Crippen LogP contribution in [0.3, 0.4) is 0 Å². The minimum atomic E-state index is -1.11. The van der Waals surface area contributed by atoms with E-state index in [9.17, 15) is 9.18 Å². The number of carboxylic acid groups (broad SMARTS) is 1. The Morgan fingerprint density at radius 3 is 2.68 bits per heavy atom. The van der Waals surface area contributed by atoms with Crippen molar-refractivity contribution in [3.05, 3.63) is 57.5 Å². The molecule has 0 amide bonds. The van der Waals surface area contributed by atoms with Crippen LogP contribution in [0.25, 0.3) is 0 Å². The molecule has 0 saturated heterocycles. The number of nitrogens with zero attached hydrogens (tertiary/aromatic N) is 1. The molecule has 5 heteroatoms. The number of aromatic carboxylic acids is 1. The van der Waals surface area contributed by atoms with Gasteiger partial charge in [0.15, 0.2) is 0 Å². The van der Waals surface area contributed by atoms with Crippen LogP contribution in [0.2, 0.25) is 0 Å². The maximum Gasteiger partial charge on any atom is 0.335 e. The number of hydrogen-bond acceptors (Lipinski definition) is 3. The van der Waals surface area contributed by atoms with Crippen LogP contribution in [0, 0.1) is 5.82 Å². The fourth-order valence-corrected chi connectivity index (χ4v) is 2.59. The highest BCUT2D eigenvalue weighted by atomic mass is 32.1. The lowest BCUT2D eigenvalue weighted by Gasteiger charge is -2.16. The van der Waals surface area contributed by atoms with Gasteiger partial charge >= 0.3 is 5.97 Å². The summed E-state index contributed by atoms with van der Waals surface area (Å²) in [6.07, 6.45) is 0. The number of rotatable bonds is 5. The average molecular weight is 279 g/mol. The van der Waals surface area contributed by atoms with E-state index in [1.54, 1.807) is 11.3 Å². The number of halogens is 1. The third kappa shape index (κ3) is 3.87. The number of benzene rings is 1. The minimum Gasteiger partial charge on any atom is -0.478 e. The first-order valence-electron chi connectivity index (χ1n) is 5.77. The van der Waals surface area contributed by atoms with Crippen LogP contribution < -0.4 is 0 Å². The lowest BCUT2D eigenvalue weighted by atomic mass is 10.1. The highest BCUT2D eigenvalue weighted by molar-refractivity contribution is 7.07. The van der Waals surface area contributed by atoms with E-state index in [4.69, 9.17) is 5.11 Å². The number of hydrogen-bond donors (Lipinski definition) is 1. The van der Waals surface area contributed by atoms with E-state index in [2.05, 4.69) is 5.38 Å². The van der Waals surface area contributed by atoms with Gasteiger partial charge in [0, 0.05) is 13.1 Å². The largest absolute Gasteiger partial charge is 0.478 e. The zero-order valence-corrected chi connectivity index (χ0v) is 11.3. The van der Waals surface area contributed by atoms with Gasteiger partial charge in [-0.05, 0) is 53.2 Å². The molecule has 0 fully saturated rings. The number of carboxylic acids is 1. The molecule has 0 atom stereocenters. The molecule has 2 rings (SSSR count). The normalized spacial score (nSPS) is 10.9. The predicted octanol–water partition coefficient (Wildman–Crippen LogP) is 3.22. The smallest absolute Gasteiger partial charge is 0.335 e. The summed E-state index contributed by atoms with van der Waals surface area (Å²) in [5.74, 6) is -1.62. The Bertz CT molecular complexity index is 569. The van der Waals surface area contributed by atoms with E-state index in [1.807, 2.05) is 23.4 Å². The van der Waals surface area contributed by atoms with E-state index in [-0.39, 0.29) is 5.56 Å². The van der Waals surface area contributed by atoms with E-state index < -0.39 is 11.8 Å². The zero-order valence-electron chi connectivity index (χ0n) is 10.5. The molecule has 19 heavy (non-hydrogen) atoms. The lowest BCUT2D eigenvalue weighted by Crippen LogP contribution is -2.17. The van der Waals surface area contributed by atoms with Crippen LogP contribution in [0.15, 0.2) is 35.0 Å². The van der Waals surface area contributed by atoms with Gasteiger partial charge in [-0.2, -0.15) is 11.3 Å². The number of thiophene rings is 1. The standard InChI is InChI=1S/C14H14FNO2S/c1-16(7-10-2-3-19-9-10)8-11-4-12(14(17)18)6-13(15)5-11/h2-6,9H,7-8H2,1H3,(H,17,18). The van der Waals surface area contributed by atoms with E-state index in [0.717, 1.165) is 12.6 Å². The van der Waals surface area contributed by atoms with Crippen LogP contribution >= 0.6 is 11.3 Å². The average Bonchev–Trinajstić information content (AvgIpc) is 2.80. The molecule has 0 aliphatic heterocycles. The Morgan fingerprint density at radius 1 is 1.32 bits per heavy atom. The van der Waals surface area contributed by atoms with Crippen LogP contribution in [-0.2, 0) is 13.1 Å². The molecule has 0 unspecified atom stereocenters. The van der Waals surface area contributed by atoms with Crippen molar-refractivity contribution in [2.75, 3.05) is 7.05 Å². The highest BCUT2D eigenvalue weighted by Crippen LogP contribution is 2.14. The van der Waals surface area contributed by atoms with Gasteiger partial charge in [0.25, 0.3) is 0 Å². The third-order valence-corrected chi connectivity index (χ3v) is 3.42. The Hall–Kier alpha value is -1.72. The van der Waals surface area contributed by atoms with Gasteiger partial charge in [0.2, 0.25) is 0 Å². The molecular formula is C14H14FNO2S. The van der Waals surface area contributed by atoms with Crippen molar-refractivity contribution in [3.63, 3.8) is 0 Å². The van der Waals surface area contributed by atoms with Crippen molar-refractivity contribution in [1.82, 2.24) is 4.90 Å². The van der Waals surface area contributed by atoms with Crippen molar-refractivity contribution in [1.29, 1.82) is 0 Å². The molecule has 0 bridgehead atoms. The second-order valence-corrected chi connectivity index (χ2v) is 5.24. The van der Waals surface area contributed by atoms with Crippen LogP contribution in [0.1, 0.15) is 21.5 Å². The first-order chi connectivity index (χ1) is 9.04. The maximum absolute atomic E-state index is 13.3. The van der Waals surface area contributed by atoms with Gasteiger partial charge < -0.3 is 5.11 Å². The summed E-state index contributed by atoms with van der Waals surface area (Å²) in [5.41, 5.74) is 1.84. The summed E-state index contributed by atoms with van der Waals surface area (Å²) < 4.78 is 13.3. The maximum atomic E-state index is 13.3. The van der Waals surface area contributed by atoms with Gasteiger partial charge in [0.1, 0.15) is 5.82 Å². The molecule has 0 aliphatic carbocycles. The molecule has 1 aromatic heterocycles. The Labute approximate surface area is 114 Å². The monoisotopic (exact) mass is 279 g/mol. The van der Waals surface area contributed by atoms with Gasteiger partial charge in [-0.1, -0.05) is 0 Å². The molecule has 1 N–H and O–H groups in total. The topological polar surface area (TPSA) is 40.5 Å². The summed E-state index contributed by atoms with van der Waals surface area (Å²) in [5, 5.41) is 13.0. The van der Waals surface area contributed by atoms with Crippen LogP contribution in [0.4, 0.5) is 4.39 Å². The minimum absolute atomic E-state index is 0.0149. The molecular weight excluding hydrogens is 265 g/mol.